The van der Waals surface area contributed by atoms with Crippen LogP contribution in [0.15, 0.2) is 48.5 Å². The summed E-state index contributed by atoms with van der Waals surface area (Å²) in [6.07, 6.45) is 0.948. The topological polar surface area (TPSA) is 24.9 Å². The predicted molar refractivity (Wildman–Crippen MR) is 86.5 cm³/mol. The maximum atomic E-state index is 6.12. The van der Waals surface area contributed by atoms with Crippen LogP contribution in [-0.4, -0.2) is 11.5 Å². The highest BCUT2D eigenvalue weighted by Gasteiger charge is 2.03. The molecule has 0 unspecified atom stereocenters. The van der Waals surface area contributed by atoms with Gasteiger partial charge < -0.3 is 5.32 Å². The van der Waals surface area contributed by atoms with E-state index in [9.17, 15) is 0 Å². The minimum Gasteiger partial charge on any atom is -0.312 e. The van der Waals surface area contributed by atoms with Gasteiger partial charge in [0.2, 0.25) is 0 Å². The van der Waals surface area contributed by atoms with Crippen LogP contribution in [0.4, 0.5) is 0 Å². The van der Waals surface area contributed by atoms with Crippen molar-refractivity contribution >= 4 is 33.2 Å². The molecule has 4 heteroatoms. The fourth-order valence-electron chi connectivity index (χ4n) is 2.09. The minimum atomic E-state index is 0.796. The third-order valence-electron chi connectivity index (χ3n) is 3.13. The number of halogens is 1. The molecule has 20 heavy (non-hydrogen) atoms. The maximum Gasteiger partial charge on any atom is 0.0951 e. The number of para-hydroxylation sites is 1. The third-order valence-corrected chi connectivity index (χ3v) is 4.59. The lowest BCUT2D eigenvalue weighted by molar-refractivity contribution is 0.686. The van der Waals surface area contributed by atoms with Gasteiger partial charge in [-0.3, -0.25) is 0 Å². The first kappa shape index (κ1) is 13.6. The van der Waals surface area contributed by atoms with Crippen molar-refractivity contribution in [2.45, 2.75) is 13.0 Å². The van der Waals surface area contributed by atoms with Gasteiger partial charge in [-0.1, -0.05) is 41.9 Å². The molecule has 2 aromatic carbocycles. The molecule has 0 saturated heterocycles. The van der Waals surface area contributed by atoms with Crippen molar-refractivity contribution in [1.29, 1.82) is 0 Å². The number of aromatic nitrogens is 1. The van der Waals surface area contributed by atoms with Gasteiger partial charge in [0.25, 0.3) is 0 Å². The molecular formula is C16H15ClN2S. The fourth-order valence-corrected chi connectivity index (χ4v) is 3.26. The van der Waals surface area contributed by atoms with Crippen LogP contribution in [0.5, 0.6) is 0 Å². The molecule has 0 fully saturated rings. The Morgan fingerprint density at radius 3 is 2.70 bits per heavy atom. The highest BCUT2D eigenvalue weighted by molar-refractivity contribution is 7.18. The molecule has 1 heterocycles. The Morgan fingerprint density at radius 2 is 1.85 bits per heavy atom. The van der Waals surface area contributed by atoms with E-state index in [1.165, 1.54) is 9.71 Å². The van der Waals surface area contributed by atoms with Crippen molar-refractivity contribution in [3.63, 3.8) is 0 Å². The van der Waals surface area contributed by atoms with Crippen molar-refractivity contribution in [3.8, 4) is 0 Å². The molecule has 0 radical (unpaired) electrons. The first-order valence-corrected chi connectivity index (χ1v) is 7.81. The molecule has 0 saturated carbocycles. The van der Waals surface area contributed by atoms with Gasteiger partial charge in [0.15, 0.2) is 0 Å². The third kappa shape index (κ3) is 3.18. The molecule has 0 aliphatic carbocycles. The van der Waals surface area contributed by atoms with Gasteiger partial charge in [0, 0.05) is 24.5 Å². The summed E-state index contributed by atoms with van der Waals surface area (Å²) in [6, 6.07) is 16.2. The Kier molecular flexibility index (Phi) is 4.31. The highest BCUT2D eigenvalue weighted by Crippen LogP contribution is 2.21. The van der Waals surface area contributed by atoms with Gasteiger partial charge >= 0.3 is 0 Å². The van der Waals surface area contributed by atoms with Gasteiger partial charge in [-0.2, -0.15) is 0 Å². The van der Waals surface area contributed by atoms with Gasteiger partial charge in [0.05, 0.1) is 15.2 Å². The number of thiazole rings is 1. The van der Waals surface area contributed by atoms with E-state index in [-0.39, 0.29) is 0 Å². The Labute approximate surface area is 127 Å². The molecule has 3 aromatic rings. The van der Waals surface area contributed by atoms with E-state index in [1.807, 2.05) is 30.3 Å². The maximum absolute atomic E-state index is 6.12. The van der Waals surface area contributed by atoms with Crippen molar-refractivity contribution in [2.75, 3.05) is 6.54 Å². The van der Waals surface area contributed by atoms with Crippen molar-refractivity contribution in [2.24, 2.45) is 0 Å². The first-order chi connectivity index (χ1) is 9.83. The van der Waals surface area contributed by atoms with Crippen LogP contribution in [0.1, 0.15) is 10.6 Å². The number of fused-ring (bicyclic) bond motifs is 1. The normalized spacial score (nSPS) is 11.1. The Morgan fingerprint density at radius 1 is 1.05 bits per heavy atom. The summed E-state index contributed by atoms with van der Waals surface area (Å²) in [4.78, 5) is 4.63. The van der Waals surface area contributed by atoms with E-state index in [2.05, 4.69) is 28.5 Å². The summed E-state index contributed by atoms with van der Waals surface area (Å²) < 4.78 is 1.26. The van der Waals surface area contributed by atoms with Crippen LogP contribution in [0.2, 0.25) is 5.02 Å². The molecule has 0 atom stereocenters. The molecule has 0 aliphatic rings. The monoisotopic (exact) mass is 302 g/mol. The summed E-state index contributed by atoms with van der Waals surface area (Å²) in [5.74, 6) is 0. The molecule has 0 bridgehead atoms. The summed E-state index contributed by atoms with van der Waals surface area (Å²) in [6.45, 7) is 1.70. The van der Waals surface area contributed by atoms with Crippen LogP contribution in [0, 0.1) is 0 Å². The zero-order chi connectivity index (χ0) is 13.8. The molecule has 1 N–H and O–H groups in total. The second kappa shape index (κ2) is 6.35. The quantitative estimate of drug-likeness (QED) is 0.712. The van der Waals surface area contributed by atoms with E-state index in [1.54, 1.807) is 11.3 Å². The number of hydrogen-bond acceptors (Lipinski definition) is 3. The number of hydrogen-bond donors (Lipinski definition) is 1. The molecule has 2 nitrogen and oxygen atoms in total. The van der Waals surface area contributed by atoms with Gasteiger partial charge in [-0.25, -0.2) is 4.98 Å². The second-order valence-electron chi connectivity index (χ2n) is 4.59. The Bertz CT molecular complexity index is 675. The van der Waals surface area contributed by atoms with Crippen LogP contribution in [0.25, 0.3) is 10.2 Å². The molecule has 102 valence electrons. The van der Waals surface area contributed by atoms with Crippen LogP contribution >= 0.6 is 22.9 Å². The Balaban J connectivity index is 1.54. The second-order valence-corrected chi connectivity index (χ2v) is 6.12. The van der Waals surface area contributed by atoms with Crippen molar-refractivity contribution in [1.82, 2.24) is 10.3 Å². The molecule has 0 spiro atoms. The van der Waals surface area contributed by atoms with Gasteiger partial charge in [-0.15, -0.1) is 11.3 Å². The standard InChI is InChI=1S/C16H15ClN2S/c17-13-6-2-1-5-12(13)11-18-10-9-16-19-14-7-3-4-8-15(14)20-16/h1-8,18H,9-11H2. The zero-order valence-corrected chi connectivity index (χ0v) is 12.5. The van der Waals surface area contributed by atoms with E-state index in [0.717, 1.165) is 35.6 Å². The zero-order valence-electron chi connectivity index (χ0n) is 11.0. The number of nitrogens with zero attached hydrogens (tertiary/aromatic N) is 1. The molecule has 0 aliphatic heterocycles. The first-order valence-electron chi connectivity index (χ1n) is 6.61. The smallest absolute Gasteiger partial charge is 0.0951 e. The van der Waals surface area contributed by atoms with Crippen molar-refractivity contribution < 1.29 is 0 Å². The number of nitrogens with one attached hydrogen (secondary N) is 1. The van der Waals surface area contributed by atoms with Crippen LogP contribution in [0.3, 0.4) is 0 Å². The van der Waals surface area contributed by atoms with Gasteiger partial charge in [-0.05, 0) is 23.8 Å². The number of rotatable bonds is 5. The Hall–Kier alpha value is -1.42. The largest absolute Gasteiger partial charge is 0.312 e. The SMILES string of the molecule is Clc1ccccc1CNCCc1nc2ccccc2s1. The average molecular weight is 303 g/mol. The van der Waals surface area contributed by atoms with Gasteiger partial charge in [0.1, 0.15) is 0 Å². The lowest BCUT2D eigenvalue weighted by atomic mass is 10.2. The molecule has 3 rings (SSSR count). The molecular weight excluding hydrogens is 288 g/mol. The molecule has 1 aromatic heterocycles. The minimum absolute atomic E-state index is 0.796. The number of benzene rings is 2. The van der Waals surface area contributed by atoms with E-state index in [4.69, 9.17) is 11.6 Å². The summed E-state index contributed by atoms with van der Waals surface area (Å²) >= 11 is 7.89. The summed E-state index contributed by atoms with van der Waals surface area (Å²) in [5.41, 5.74) is 2.23. The predicted octanol–water partition coefficient (Wildman–Crippen LogP) is 4.28. The van der Waals surface area contributed by atoms with Crippen LogP contribution in [-0.2, 0) is 13.0 Å². The summed E-state index contributed by atoms with van der Waals surface area (Å²) in [5, 5.41) is 5.42. The lowest BCUT2D eigenvalue weighted by Crippen LogP contribution is -2.16. The highest BCUT2D eigenvalue weighted by atomic mass is 35.5. The fraction of sp³-hybridized carbons (Fsp3) is 0.188. The van der Waals surface area contributed by atoms with Crippen LogP contribution < -0.4 is 5.32 Å². The summed E-state index contributed by atoms with van der Waals surface area (Å²) in [7, 11) is 0. The average Bonchev–Trinajstić information content (AvgIpc) is 2.88. The lowest BCUT2D eigenvalue weighted by Gasteiger charge is -2.05. The van der Waals surface area contributed by atoms with E-state index in [0.29, 0.717) is 0 Å². The van der Waals surface area contributed by atoms with Crippen molar-refractivity contribution in [3.05, 3.63) is 64.1 Å². The molecule has 0 amide bonds. The van der Waals surface area contributed by atoms with E-state index >= 15 is 0 Å². The van der Waals surface area contributed by atoms with E-state index < -0.39 is 0 Å².